The van der Waals surface area contributed by atoms with E-state index in [2.05, 4.69) is 44.2 Å². The molecule has 0 aliphatic carbocycles. The van der Waals surface area contributed by atoms with Crippen LogP contribution < -0.4 is 5.32 Å². The quantitative estimate of drug-likeness (QED) is 0.765. The minimum atomic E-state index is 0.359. The third kappa shape index (κ3) is 3.64. The third-order valence-corrected chi connectivity index (χ3v) is 5.51. The van der Waals surface area contributed by atoms with E-state index in [1.54, 1.807) is 0 Å². The van der Waals surface area contributed by atoms with Crippen LogP contribution >= 0.6 is 11.8 Å². The van der Waals surface area contributed by atoms with Crippen LogP contribution in [0.15, 0.2) is 0 Å². The molecule has 0 aromatic rings. The molecule has 1 heterocycles. The van der Waals surface area contributed by atoms with Gasteiger partial charge in [0, 0.05) is 36.5 Å². The number of hydrogen-bond donors (Lipinski definition) is 1. The van der Waals surface area contributed by atoms with E-state index in [9.17, 15) is 0 Å². The predicted octanol–water partition coefficient (Wildman–Crippen LogP) is 3.37. The van der Waals surface area contributed by atoms with Crippen LogP contribution in [0.1, 0.15) is 53.4 Å². The second-order valence-electron chi connectivity index (χ2n) is 5.62. The number of nitrogens with one attached hydrogen (secondary N) is 1. The highest BCUT2D eigenvalue weighted by molar-refractivity contribution is 7.98. The van der Waals surface area contributed by atoms with E-state index in [1.807, 2.05) is 11.8 Å². The summed E-state index contributed by atoms with van der Waals surface area (Å²) in [6, 6.07) is 1.48. The van der Waals surface area contributed by atoms with E-state index in [0.29, 0.717) is 5.54 Å². The van der Waals surface area contributed by atoms with Gasteiger partial charge in [0.1, 0.15) is 0 Å². The Morgan fingerprint density at radius 1 is 1.28 bits per heavy atom. The molecule has 0 bridgehead atoms. The Morgan fingerprint density at radius 2 is 1.94 bits per heavy atom. The van der Waals surface area contributed by atoms with Gasteiger partial charge in [-0.05, 0) is 31.9 Å². The molecule has 0 radical (unpaired) electrons. The van der Waals surface area contributed by atoms with Crippen molar-refractivity contribution in [2.45, 2.75) is 71.0 Å². The van der Waals surface area contributed by atoms with Gasteiger partial charge in [0.25, 0.3) is 0 Å². The first-order valence-electron chi connectivity index (χ1n) is 7.66. The van der Waals surface area contributed by atoms with Crippen molar-refractivity contribution in [2.75, 3.05) is 25.1 Å². The second-order valence-corrected chi connectivity index (χ2v) is 6.53. The van der Waals surface area contributed by atoms with Crippen LogP contribution in [0.4, 0.5) is 0 Å². The number of piperazine rings is 1. The molecule has 2 atom stereocenters. The summed E-state index contributed by atoms with van der Waals surface area (Å²) in [5.41, 5.74) is 0.359. The van der Waals surface area contributed by atoms with E-state index in [-0.39, 0.29) is 0 Å². The molecular formula is C15H32N2S. The van der Waals surface area contributed by atoms with E-state index < -0.39 is 0 Å². The standard InChI is InChI=1S/C15H32N2S/c1-6-13-10-16-15(8-3,9-4)12-17(13)14(7-2)11-18-5/h13-14,16H,6-12H2,1-5H3. The molecular weight excluding hydrogens is 240 g/mol. The molecule has 0 aromatic heterocycles. The Bertz CT molecular complexity index is 229. The SMILES string of the molecule is CCC1CNC(CC)(CC)CN1C(CC)CSC. The highest BCUT2D eigenvalue weighted by Gasteiger charge is 2.38. The Morgan fingerprint density at radius 3 is 2.39 bits per heavy atom. The maximum absolute atomic E-state index is 3.84. The van der Waals surface area contributed by atoms with Crippen molar-refractivity contribution in [3.8, 4) is 0 Å². The molecule has 0 aromatic carbocycles. The summed E-state index contributed by atoms with van der Waals surface area (Å²) in [7, 11) is 0. The summed E-state index contributed by atoms with van der Waals surface area (Å²) in [4.78, 5) is 2.81. The summed E-state index contributed by atoms with van der Waals surface area (Å²) in [6.07, 6.45) is 7.26. The lowest BCUT2D eigenvalue weighted by molar-refractivity contribution is 0.0409. The fraction of sp³-hybridized carbons (Fsp3) is 1.00. The zero-order chi connectivity index (χ0) is 13.6. The summed E-state index contributed by atoms with van der Waals surface area (Å²) in [6.45, 7) is 11.7. The van der Waals surface area contributed by atoms with Gasteiger partial charge in [0.15, 0.2) is 0 Å². The average molecular weight is 273 g/mol. The molecule has 2 unspecified atom stereocenters. The van der Waals surface area contributed by atoms with Crippen LogP contribution in [0.2, 0.25) is 0 Å². The maximum Gasteiger partial charge on any atom is 0.0304 e. The summed E-state index contributed by atoms with van der Waals surface area (Å²) >= 11 is 1.99. The van der Waals surface area contributed by atoms with Crippen molar-refractivity contribution >= 4 is 11.8 Å². The van der Waals surface area contributed by atoms with Gasteiger partial charge in [-0.2, -0.15) is 11.8 Å². The van der Waals surface area contributed by atoms with Crippen LogP contribution in [0, 0.1) is 0 Å². The molecule has 1 fully saturated rings. The predicted molar refractivity (Wildman–Crippen MR) is 84.6 cm³/mol. The molecule has 2 nitrogen and oxygen atoms in total. The molecule has 1 aliphatic rings. The van der Waals surface area contributed by atoms with E-state index >= 15 is 0 Å². The largest absolute Gasteiger partial charge is 0.308 e. The van der Waals surface area contributed by atoms with Crippen LogP contribution in [0.3, 0.4) is 0 Å². The van der Waals surface area contributed by atoms with E-state index in [1.165, 1.54) is 44.5 Å². The lowest BCUT2D eigenvalue weighted by Crippen LogP contribution is -2.66. The molecule has 1 aliphatic heterocycles. The monoisotopic (exact) mass is 272 g/mol. The van der Waals surface area contributed by atoms with Gasteiger partial charge in [-0.3, -0.25) is 4.90 Å². The van der Waals surface area contributed by atoms with Gasteiger partial charge in [0.2, 0.25) is 0 Å². The minimum Gasteiger partial charge on any atom is -0.308 e. The second kappa shape index (κ2) is 7.76. The van der Waals surface area contributed by atoms with Gasteiger partial charge in [-0.15, -0.1) is 0 Å². The maximum atomic E-state index is 3.84. The number of nitrogens with zero attached hydrogens (tertiary/aromatic N) is 1. The highest BCUT2D eigenvalue weighted by atomic mass is 32.2. The van der Waals surface area contributed by atoms with Crippen molar-refractivity contribution in [1.29, 1.82) is 0 Å². The van der Waals surface area contributed by atoms with Gasteiger partial charge in [-0.1, -0.05) is 27.7 Å². The Labute approximate surface area is 118 Å². The Hall–Kier alpha value is 0.270. The first-order valence-corrected chi connectivity index (χ1v) is 9.05. The number of rotatable bonds is 7. The van der Waals surface area contributed by atoms with Crippen molar-refractivity contribution < 1.29 is 0 Å². The number of hydrogen-bond acceptors (Lipinski definition) is 3. The topological polar surface area (TPSA) is 15.3 Å². The molecule has 0 amide bonds. The van der Waals surface area contributed by atoms with Crippen molar-refractivity contribution in [3.05, 3.63) is 0 Å². The summed E-state index contributed by atoms with van der Waals surface area (Å²) in [5.74, 6) is 1.27. The van der Waals surface area contributed by atoms with Gasteiger partial charge in [-0.25, -0.2) is 0 Å². The molecule has 18 heavy (non-hydrogen) atoms. The van der Waals surface area contributed by atoms with Gasteiger partial charge in [0.05, 0.1) is 0 Å². The fourth-order valence-electron chi connectivity index (χ4n) is 3.16. The molecule has 1 rings (SSSR count). The molecule has 0 spiro atoms. The third-order valence-electron chi connectivity index (χ3n) is 4.79. The smallest absolute Gasteiger partial charge is 0.0304 e. The molecule has 1 saturated heterocycles. The Balaban J connectivity index is 2.80. The average Bonchev–Trinajstić information content (AvgIpc) is 2.44. The lowest BCUT2D eigenvalue weighted by atomic mass is 9.87. The zero-order valence-corrected chi connectivity index (χ0v) is 13.8. The molecule has 0 saturated carbocycles. The fourth-order valence-corrected chi connectivity index (χ4v) is 3.97. The summed E-state index contributed by atoms with van der Waals surface area (Å²) in [5, 5.41) is 3.84. The Kier molecular flexibility index (Phi) is 7.04. The van der Waals surface area contributed by atoms with Crippen LogP contribution in [-0.2, 0) is 0 Å². The van der Waals surface area contributed by atoms with Crippen LogP contribution in [0.5, 0.6) is 0 Å². The normalized spacial score (nSPS) is 26.2. The summed E-state index contributed by atoms with van der Waals surface area (Å²) < 4.78 is 0. The van der Waals surface area contributed by atoms with E-state index in [4.69, 9.17) is 0 Å². The molecule has 1 N–H and O–H groups in total. The minimum absolute atomic E-state index is 0.359. The van der Waals surface area contributed by atoms with Crippen LogP contribution in [0.25, 0.3) is 0 Å². The van der Waals surface area contributed by atoms with Crippen LogP contribution in [-0.4, -0.2) is 47.6 Å². The first-order chi connectivity index (χ1) is 8.66. The van der Waals surface area contributed by atoms with Crippen molar-refractivity contribution in [1.82, 2.24) is 10.2 Å². The van der Waals surface area contributed by atoms with Gasteiger partial charge >= 0.3 is 0 Å². The lowest BCUT2D eigenvalue weighted by Gasteiger charge is -2.50. The first kappa shape index (κ1) is 16.3. The zero-order valence-electron chi connectivity index (χ0n) is 13.0. The number of thioether (sulfide) groups is 1. The highest BCUT2D eigenvalue weighted by Crippen LogP contribution is 2.27. The van der Waals surface area contributed by atoms with Crippen molar-refractivity contribution in [3.63, 3.8) is 0 Å². The molecule has 108 valence electrons. The van der Waals surface area contributed by atoms with E-state index in [0.717, 1.165) is 12.1 Å². The van der Waals surface area contributed by atoms with Crippen molar-refractivity contribution in [2.24, 2.45) is 0 Å². The molecule has 3 heteroatoms. The van der Waals surface area contributed by atoms with Gasteiger partial charge < -0.3 is 5.32 Å².